The zero-order chi connectivity index (χ0) is 10.8. The molecule has 82 valence electrons. The summed E-state index contributed by atoms with van der Waals surface area (Å²) >= 11 is 0. The average Bonchev–Trinajstić information content (AvgIpc) is 2.48. The molecule has 0 spiro atoms. The third-order valence-electron chi connectivity index (χ3n) is 2.82. The minimum absolute atomic E-state index is 0.144. The number of hydrogen-bond acceptors (Lipinski definition) is 2. The highest BCUT2D eigenvalue weighted by atomic mass is 16.4. The van der Waals surface area contributed by atoms with E-state index in [2.05, 4.69) is 26.1 Å². The summed E-state index contributed by atoms with van der Waals surface area (Å²) in [6.45, 7) is 7.11. The van der Waals surface area contributed by atoms with Crippen molar-refractivity contribution in [3.05, 3.63) is 0 Å². The monoisotopic (exact) mass is 199 g/mol. The lowest BCUT2D eigenvalue weighted by molar-refractivity contribution is -0.144. The van der Waals surface area contributed by atoms with E-state index in [0.29, 0.717) is 0 Å². The molecule has 0 aromatic rings. The predicted molar refractivity (Wildman–Crippen MR) is 56.3 cm³/mol. The first kappa shape index (κ1) is 11.5. The molecule has 1 fully saturated rings. The van der Waals surface area contributed by atoms with Crippen LogP contribution in [0.15, 0.2) is 0 Å². The van der Waals surface area contributed by atoms with Crippen LogP contribution in [0.3, 0.4) is 0 Å². The number of hydrogen-bond donors (Lipinski definition) is 2. The van der Waals surface area contributed by atoms with Gasteiger partial charge in [0, 0.05) is 6.54 Å². The van der Waals surface area contributed by atoms with E-state index in [9.17, 15) is 9.90 Å². The lowest BCUT2D eigenvalue weighted by Gasteiger charge is -2.30. The van der Waals surface area contributed by atoms with Gasteiger partial charge in [-0.1, -0.05) is 33.6 Å². The van der Waals surface area contributed by atoms with Gasteiger partial charge in [-0.2, -0.15) is 0 Å². The van der Waals surface area contributed by atoms with Crippen molar-refractivity contribution in [2.24, 2.45) is 5.41 Å². The van der Waals surface area contributed by atoms with Crippen LogP contribution in [-0.2, 0) is 4.79 Å². The Labute approximate surface area is 85.9 Å². The molecule has 0 heterocycles. The van der Waals surface area contributed by atoms with Crippen molar-refractivity contribution in [2.45, 2.75) is 52.0 Å². The maximum Gasteiger partial charge on any atom is 0.323 e. The van der Waals surface area contributed by atoms with Gasteiger partial charge in [0.1, 0.15) is 5.54 Å². The van der Waals surface area contributed by atoms with Gasteiger partial charge in [0.05, 0.1) is 0 Å². The molecule has 0 atom stereocenters. The second-order valence-electron chi connectivity index (χ2n) is 5.51. The highest BCUT2D eigenvalue weighted by Crippen LogP contribution is 2.30. The van der Waals surface area contributed by atoms with Crippen molar-refractivity contribution >= 4 is 5.97 Å². The largest absolute Gasteiger partial charge is 0.480 e. The molecule has 2 N–H and O–H groups in total. The summed E-state index contributed by atoms with van der Waals surface area (Å²) in [5.41, 5.74) is -0.488. The fourth-order valence-corrected chi connectivity index (χ4v) is 1.88. The number of rotatable bonds is 3. The smallest absolute Gasteiger partial charge is 0.323 e. The first-order valence-electron chi connectivity index (χ1n) is 5.34. The zero-order valence-electron chi connectivity index (χ0n) is 9.39. The Morgan fingerprint density at radius 2 is 1.86 bits per heavy atom. The van der Waals surface area contributed by atoms with E-state index in [0.717, 1.165) is 32.2 Å². The van der Waals surface area contributed by atoms with Gasteiger partial charge in [0.2, 0.25) is 0 Å². The molecule has 0 aliphatic heterocycles. The Kier molecular flexibility index (Phi) is 3.20. The van der Waals surface area contributed by atoms with Crippen LogP contribution in [0, 0.1) is 5.41 Å². The summed E-state index contributed by atoms with van der Waals surface area (Å²) in [5, 5.41) is 12.4. The first-order valence-corrected chi connectivity index (χ1v) is 5.34. The minimum Gasteiger partial charge on any atom is -0.480 e. The van der Waals surface area contributed by atoms with E-state index in [4.69, 9.17) is 0 Å². The van der Waals surface area contributed by atoms with Crippen molar-refractivity contribution in [2.75, 3.05) is 6.54 Å². The lowest BCUT2D eigenvalue weighted by atomic mass is 9.92. The molecule has 1 saturated carbocycles. The Balaban J connectivity index is 2.57. The molecular formula is C11H21NO2. The highest BCUT2D eigenvalue weighted by molar-refractivity contribution is 5.79. The second-order valence-corrected chi connectivity index (χ2v) is 5.51. The molecule has 3 nitrogen and oxygen atoms in total. The van der Waals surface area contributed by atoms with E-state index in [1.165, 1.54) is 0 Å². The van der Waals surface area contributed by atoms with Gasteiger partial charge < -0.3 is 10.4 Å². The Hall–Kier alpha value is -0.570. The summed E-state index contributed by atoms with van der Waals surface area (Å²) in [7, 11) is 0. The maximum absolute atomic E-state index is 11.2. The molecule has 0 aromatic carbocycles. The topological polar surface area (TPSA) is 49.3 Å². The van der Waals surface area contributed by atoms with E-state index < -0.39 is 11.5 Å². The third kappa shape index (κ3) is 2.71. The molecule has 3 heteroatoms. The molecule has 0 radical (unpaired) electrons. The molecule has 0 saturated heterocycles. The third-order valence-corrected chi connectivity index (χ3v) is 2.82. The van der Waals surface area contributed by atoms with Gasteiger partial charge in [-0.15, -0.1) is 0 Å². The van der Waals surface area contributed by atoms with Crippen molar-refractivity contribution in [1.29, 1.82) is 0 Å². The molecule has 0 amide bonds. The summed E-state index contributed by atoms with van der Waals surface area (Å²) in [4.78, 5) is 11.2. The second kappa shape index (κ2) is 3.89. The number of carboxylic acids is 1. The number of carboxylic acid groups (broad SMARTS) is 1. The zero-order valence-corrected chi connectivity index (χ0v) is 9.39. The van der Waals surface area contributed by atoms with Crippen LogP contribution in [0.2, 0.25) is 0 Å². The number of carbonyl (C=O) groups is 1. The lowest BCUT2D eigenvalue weighted by Crippen LogP contribution is -2.52. The van der Waals surface area contributed by atoms with E-state index >= 15 is 0 Å². The quantitative estimate of drug-likeness (QED) is 0.731. The van der Waals surface area contributed by atoms with Crippen LogP contribution >= 0.6 is 0 Å². The normalized spacial score (nSPS) is 21.1. The van der Waals surface area contributed by atoms with Crippen LogP contribution in [0.1, 0.15) is 46.5 Å². The van der Waals surface area contributed by atoms with Crippen LogP contribution in [0.4, 0.5) is 0 Å². The summed E-state index contributed by atoms with van der Waals surface area (Å²) in [6, 6.07) is 0. The molecule has 0 bridgehead atoms. The van der Waals surface area contributed by atoms with Crippen molar-refractivity contribution in [1.82, 2.24) is 5.32 Å². The van der Waals surface area contributed by atoms with Crippen LogP contribution in [0.25, 0.3) is 0 Å². The van der Waals surface area contributed by atoms with Gasteiger partial charge >= 0.3 is 5.97 Å². The van der Waals surface area contributed by atoms with E-state index in [1.807, 2.05) is 0 Å². The summed E-state index contributed by atoms with van der Waals surface area (Å²) in [5.74, 6) is -0.681. The van der Waals surface area contributed by atoms with Gasteiger partial charge in [0.25, 0.3) is 0 Å². The molecule has 0 unspecified atom stereocenters. The predicted octanol–water partition coefficient (Wildman–Crippen LogP) is 2.02. The highest BCUT2D eigenvalue weighted by Gasteiger charge is 2.41. The minimum atomic E-state index is -0.681. The molecule has 1 aliphatic rings. The van der Waals surface area contributed by atoms with Crippen LogP contribution in [0.5, 0.6) is 0 Å². The molecular weight excluding hydrogens is 178 g/mol. The standard InChI is InChI=1S/C11H21NO2/c1-10(2,3)8-12-11(9(13)14)6-4-5-7-11/h12H,4-8H2,1-3H3,(H,13,14). The van der Waals surface area contributed by atoms with Crippen molar-refractivity contribution in [3.63, 3.8) is 0 Å². The van der Waals surface area contributed by atoms with E-state index in [1.54, 1.807) is 0 Å². The first-order chi connectivity index (χ1) is 6.36. The summed E-state index contributed by atoms with van der Waals surface area (Å²) in [6.07, 6.45) is 3.61. The molecule has 1 rings (SSSR count). The van der Waals surface area contributed by atoms with Gasteiger partial charge in [-0.05, 0) is 18.3 Å². The Morgan fingerprint density at radius 1 is 1.36 bits per heavy atom. The van der Waals surface area contributed by atoms with Crippen LogP contribution in [-0.4, -0.2) is 23.2 Å². The van der Waals surface area contributed by atoms with Crippen LogP contribution < -0.4 is 5.32 Å². The Morgan fingerprint density at radius 3 is 2.21 bits per heavy atom. The number of aliphatic carboxylic acids is 1. The molecule has 14 heavy (non-hydrogen) atoms. The van der Waals surface area contributed by atoms with E-state index in [-0.39, 0.29) is 5.41 Å². The molecule has 1 aliphatic carbocycles. The fourth-order valence-electron chi connectivity index (χ4n) is 1.88. The van der Waals surface area contributed by atoms with Gasteiger partial charge in [-0.25, -0.2) is 0 Å². The van der Waals surface area contributed by atoms with Crippen molar-refractivity contribution < 1.29 is 9.90 Å². The molecule has 0 aromatic heterocycles. The van der Waals surface area contributed by atoms with Gasteiger partial charge in [-0.3, -0.25) is 4.79 Å². The maximum atomic E-state index is 11.2. The van der Waals surface area contributed by atoms with Gasteiger partial charge in [0.15, 0.2) is 0 Å². The fraction of sp³-hybridized carbons (Fsp3) is 0.909. The van der Waals surface area contributed by atoms with Crippen molar-refractivity contribution in [3.8, 4) is 0 Å². The SMILES string of the molecule is CC(C)(C)CNC1(C(=O)O)CCCC1. The number of nitrogens with one attached hydrogen (secondary N) is 1. The summed E-state index contributed by atoms with van der Waals surface area (Å²) < 4.78 is 0. The Bertz CT molecular complexity index is 212. The average molecular weight is 199 g/mol.